The summed E-state index contributed by atoms with van der Waals surface area (Å²) >= 11 is 0. The number of carbonyl (C=O) groups is 2. The van der Waals surface area contributed by atoms with E-state index in [1.165, 1.54) is 18.3 Å². The topological polar surface area (TPSA) is 113 Å². The smallest absolute Gasteiger partial charge is 0.336 e. The van der Waals surface area contributed by atoms with E-state index in [1.807, 2.05) is 0 Å². The Morgan fingerprint density at radius 1 is 1.21 bits per heavy atom. The predicted molar refractivity (Wildman–Crippen MR) is 68.0 cm³/mol. The van der Waals surface area contributed by atoms with Crippen LogP contribution in [0.2, 0.25) is 0 Å². The Morgan fingerprint density at radius 3 is 2.58 bits per heavy atom. The van der Waals surface area contributed by atoms with Crippen molar-refractivity contribution in [2.45, 2.75) is 0 Å². The van der Waals surface area contributed by atoms with E-state index in [4.69, 9.17) is 10.8 Å². The van der Waals surface area contributed by atoms with Crippen LogP contribution in [0.15, 0.2) is 41.3 Å². The van der Waals surface area contributed by atoms with Gasteiger partial charge in [0.1, 0.15) is 0 Å². The van der Waals surface area contributed by atoms with Gasteiger partial charge >= 0.3 is 5.97 Å². The van der Waals surface area contributed by atoms with Crippen molar-refractivity contribution < 1.29 is 14.7 Å². The molecule has 0 fully saturated rings. The van der Waals surface area contributed by atoms with Gasteiger partial charge in [-0.05, 0) is 17.7 Å². The molecule has 0 saturated carbocycles. The molecule has 1 aromatic heterocycles. The highest BCUT2D eigenvalue weighted by atomic mass is 16.4. The number of hydrogen-bond donors (Lipinski definition) is 3. The van der Waals surface area contributed by atoms with Gasteiger partial charge in [0.2, 0.25) is 11.5 Å². The summed E-state index contributed by atoms with van der Waals surface area (Å²) in [5.41, 5.74) is 5.60. The van der Waals surface area contributed by atoms with Crippen molar-refractivity contribution in [3.05, 3.63) is 58.0 Å². The number of benzene rings is 1. The van der Waals surface area contributed by atoms with E-state index >= 15 is 0 Å². The largest absolute Gasteiger partial charge is 0.478 e. The molecule has 1 heterocycles. The Hall–Kier alpha value is -2.89. The van der Waals surface area contributed by atoms with Crippen LogP contribution < -0.4 is 11.3 Å². The van der Waals surface area contributed by atoms with Crippen molar-refractivity contribution >= 4 is 11.9 Å². The number of carboxylic acid groups (broad SMARTS) is 1. The molecule has 96 valence electrons. The van der Waals surface area contributed by atoms with Gasteiger partial charge in [0, 0.05) is 23.4 Å². The Labute approximate surface area is 107 Å². The number of hydrogen-bond acceptors (Lipinski definition) is 3. The predicted octanol–water partition coefficient (Wildman–Crippen LogP) is 0.839. The number of primary amides is 1. The summed E-state index contributed by atoms with van der Waals surface area (Å²) in [4.78, 5) is 35.8. The molecule has 0 radical (unpaired) electrons. The van der Waals surface area contributed by atoms with Gasteiger partial charge in [0.05, 0.1) is 5.56 Å². The second-order valence-electron chi connectivity index (χ2n) is 3.87. The molecule has 6 nitrogen and oxygen atoms in total. The van der Waals surface area contributed by atoms with Gasteiger partial charge in [-0.15, -0.1) is 0 Å². The van der Waals surface area contributed by atoms with Gasteiger partial charge in [-0.1, -0.05) is 12.1 Å². The number of amides is 1. The number of carbonyl (C=O) groups excluding carboxylic acids is 1. The third-order valence-corrected chi connectivity index (χ3v) is 2.61. The molecule has 19 heavy (non-hydrogen) atoms. The SMILES string of the molecule is NC(=O)c1cccc(-c2c[nH]c(=O)cc2C(=O)O)c1. The molecule has 0 atom stereocenters. The molecular weight excluding hydrogens is 248 g/mol. The molecule has 6 heteroatoms. The first kappa shape index (κ1) is 12.6. The molecule has 0 unspecified atom stereocenters. The number of nitrogens with two attached hydrogens (primary N) is 1. The number of aromatic nitrogens is 1. The average molecular weight is 258 g/mol. The van der Waals surface area contributed by atoms with Crippen LogP contribution in [0.25, 0.3) is 11.1 Å². The lowest BCUT2D eigenvalue weighted by atomic mass is 10.00. The molecule has 2 rings (SSSR count). The highest BCUT2D eigenvalue weighted by Gasteiger charge is 2.13. The first-order chi connectivity index (χ1) is 8.99. The zero-order valence-corrected chi connectivity index (χ0v) is 9.71. The first-order valence-corrected chi connectivity index (χ1v) is 5.35. The number of H-pyrrole nitrogens is 1. The summed E-state index contributed by atoms with van der Waals surface area (Å²) in [6.45, 7) is 0. The molecule has 0 spiro atoms. The van der Waals surface area contributed by atoms with E-state index in [1.54, 1.807) is 12.1 Å². The third kappa shape index (κ3) is 2.52. The van der Waals surface area contributed by atoms with Crippen LogP contribution in [0.4, 0.5) is 0 Å². The van der Waals surface area contributed by atoms with Gasteiger partial charge in [-0.2, -0.15) is 0 Å². The van der Waals surface area contributed by atoms with Crippen molar-refractivity contribution in [3.8, 4) is 11.1 Å². The monoisotopic (exact) mass is 258 g/mol. The van der Waals surface area contributed by atoms with Crippen LogP contribution >= 0.6 is 0 Å². The van der Waals surface area contributed by atoms with Crippen LogP contribution in [-0.4, -0.2) is 22.0 Å². The molecule has 4 N–H and O–H groups in total. The van der Waals surface area contributed by atoms with Crippen molar-refractivity contribution in [2.24, 2.45) is 5.73 Å². The highest BCUT2D eigenvalue weighted by Crippen LogP contribution is 2.22. The lowest BCUT2D eigenvalue weighted by molar-refractivity contribution is 0.0697. The summed E-state index contributed by atoms with van der Waals surface area (Å²) in [5.74, 6) is -1.83. The quantitative estimate of drug-likeness (QED) is 0.756. The fourth-order valence-corrected chi connectivity index (χ4v) is 1.73. The minimum Gasteiger partial charge on any atom is -0.478 e. The standard InChI is InChI=1S/C13H10N2O4/c14-12(17)8-3-1-2-7(4-8)10-6-15-11(16)5-9(10)13(18)19/h1-6H,(H2,14,17)(H,15,16)(H,18,19). The zero-order chi connectivity index (χ0) is 14.0. The normalized spacial score (nSPS) is 10.1. The van der Waals surface area contributed by atoms with Crippen LogP contribution in [0.5, 0.6) is 0 Å². The molecule has 1 amide bonds. The number of aromatic carboxylic acids is 1. The summed E-state index contributed by atoms with van der Waals surface area (Å²) in [5, 5.41) is 9.09. The van der Waals surface area contributed by atoms with Crippen LogP contribution in [0, 0.1) is 0 Å². The number of pyridine rings is 1. The molecule has 1 aromatic carbocycles. The summed E-state index contributed by atoms with van der Waals surface area (Å²) in [6, 6.07) is 7.22. The van der Waals surface area contributed by atoms with Crippen molar-refractivity contribution in [1.82, 2.24) is 4.98 Å². The lowest BCUT2D eigenvalue weighted by Crippen LogP contribution is -2.12. The molecule has 0 aliphatic carbocycles. The molecular formula is C13H10N2O4. The zero-order valence-electron chi connectivity index (χ0n) is 9.71. The number of rotatable bonds is 3. The Balaban J connectivity index is 2.65. The van der Waals surface area contributed by atoms with E-state index < -0.39 is 17.4 Å². The Morgan fingerprint density at radius 2 is 1.95 bits per heavy atom. The van der Waals surface area contributed by atoms with Crippen LogP contribution in [-0.2, 0) is 0 Å². The number of carboxylic acids is 1. The van der Waals surface area contributed by atoms with Gasteiger partial charge in [-0.3, -0.25) is 9.59 Å². The summed E-state index contributed by atoms with van der Waals surface area (Å²) < 4.78 is 0. The molecule has 0 bridgehead atoms. The lowest BCUT2D eigenvalue weighted by Gasteiger charge is -2.06. The van der Waals surface area contributed by atoms with E-state index in [2.05, 4.69) is 4.98 Å². The number of nitrogens with one attached hydrogen (secondary N) is 1. The van der Waals surface area contributed by atoms with Gasteiger partial charge in [0.25, 0.3) is 0 Å². The van der Waals surface area contributed by atoms with Crippen molar-refractivity contribution in [1.29, 1.82) is 0 Å². The fourth-order valence-electron chi connectivity index (χ4n) is 1.73. The first-order valence-electron chi connectivity index (χ1n) is 5.35. The molecule has 0 aliphatic rings. The van der Waals surface area contributed by atoms with Gasteiger partial charge < -0.3 is 15.8 Å². The van der Waals surface area contributed by atoms with Crippen LogP contribution in [0.1, 0.15) is 20.7 Å². The Kier molecular flexibility index (Phi) is 3.15. The molecule has 2 aromatic rings. The third-order valence-electron chi connectivity index (χ3n) is 2.61. The molecule has 0 aliphatic heterocycles. The minimum atomic E-state index is -1.22. The van der Waals surface area contributed by atoms with Crippen LogP contribution in [0.3, 0.4) is 0 Å². The second-order valence-corrected chi connectivity index (χ2v) is 3.87. The van der Waals surface area contributed by atoms with E-state index in [0.29, 0.717) is 11.1 Å². The number of aromatic amines is 1. The van der Waals surface area contributed by atoms with Crippen molar-refractivity contribution in [2.75, 3.05) is 0 Å². The minimum absolute atomic E-state index is 0.134. The second kappa shape index (κ2) is 4.77. The maximum atomic E-state index is 11.2. The van der Waals surface area contributed by atoms with E-state index in [9.17, 15) is 14.4 Å². The Bertz CT molecular complexity index is 719. The van der Waals surface area contributed by atoms with Crippen molar-refractivity contribution in [3.63, 3.8) is 0 Å². The maximum absolute atomic E-state index is 11.2. The highest BCUT2D eigenvalue weighted by molar-refractivity contribution is 5.98. The fraction of sp³-hybridized carbons (Fsp3) is 0. The summed E-state index contributed by atoms with van der Waals surface area (Å²) in [6.07, 6.45) is 1.30. The van der Waals surface area contributed by atoms with E-state index in [0.717, 1.165) is 6.07 Å². The van der Waals surface area contributed by atoms with E-state index in [-0.39, 0.29) is 11.1 Å². The van der Waals surface area contributed by atoms with Gasteiger partial charge in [-0.25, -0.2) is 4.79 Å². The average Bonchev–Trinajstić information content (AvgIpc) is 2.38. The van der Waals surface area contributed by atoms with Gasteiger partial charge in [0.15, 0.2) is 0 Å². The molecule has 0 saturated heterocycles. The summed E-state index contributed by atoms with van der Waals surface area (Å²) in [7, 11) is 0. The maximum Gasteiger partial charge on any atom is 0.336 e.